The second-order valence-electron chi connectivity index (χ2n) is 4.97. The summed E-state index contributed by atoms with van der Waals surface area (Å²) in [6.45, 7) is -0.728. The van der Waals surface area contributed by atoms with E-state index < -0.39 is 46.4 Å². The molecule has 0 saturated carbocycles. The lowest BCUT2D eigenvalue weighted by atomic mass is 10.2. The van der Waals surface area contributed by atoms with E-state index in [9.17, 15) is 28.5 Å². The van der Waals surface area contributed by atoms with E-state index in [-0.39, 0.29) is 0 Å². The molecule has 0 aliphatic heterocycles. The fourth-order valence-electron chi connectivity index (χ4n) is 1.87. The average Bonchev–Trinajstić information content (AvgIpc) is 2.60. The number of carbonyl (C=O) groups is 2. The molecule has 0 radical (unpaired) electrons. The minimum Gasteiger partial charge on any atom is -0.452 e. The van der Waals surface area contributed by atoms with Gasteiger partial charge in [-0.05, 0) is 29.8 Å². The van der Waals surface area contributed by atoms with Gasteiger partial charge in [0.15, 0.2) is 6.61 Å². The number of nitrogens with zero attached hydrogens (tertiary/aromatic N) is 1. The number of hydrogen-bond donors (Lipinski definition) is 1. The SMILES string of the molecule is O=C(COC(=O)/C=C/c1cccc(F)c1)Nc1cc([N+](=O)[O-])ccc1F. The molecule has 2 aromatic carbocycles. The molecule has 0 aromatic heterocycles. The van der Waals surface area contributed by atoms with Crippen molar-refractivity contribution in [2.75, 3.05) is 11.9 Å². The van der Waals surface area contributed by atoms with Crippen molar-refractivity contribution in [2.24, 2.45) is 0 Å². The lowest BCUT2D eigenvalue weighted by Crippen LogP contribution is -2.20. The molecule has 9 heteroatoms. The van der Waals surface area contributed by atoms with Gasteiger partial charge in [0.2, 0.25) is 0 Å². The molecule has 7 nitrogen and oxygen atoms in total. The van der Waals surface area contributed by atoms with Gasteiger partial charge in [0.1, 0.15) is 11.6 Å². The van der Waals surface area contributed by atoms with Gasteiger partial charge in [0.05, 0.1) is 10.6 Å². The zero-order valence-electron chi connectivity index (χ0n) is 13.1. The molecule has 2 aromatic rings. The molecule has 0 heterocycles. The van der Waals surface area contributed by atoms with Crippen molar-refractivity contribution in [2.45, 2.75) is 0 Å². The Bertz CT molecular complexity index is 883. The molecule has 0 atom stereocenters. The number of non-ortho nitro benzene ring substituents is 1. The van der Waals surface area contributed by atoms with Crippen molar-refractivity contribution in [1.29, 1.82) is 0 Å². The van der Waals surface area contributed by atoms with E-state index in [0.717, 1.165) is 24.3 Å². The van der Waals surface area contributed by atoms with Crippen molar-refractivity contribution >= 4 is 29.3 Å². The van der Waals surface area contributed by atoms with Gasteiger partial charge in [-0.15, -0.1) is 0 Å². The van der Waals surface area contributed by atoms with Crippen molar-refractivity contribution in [3.63, 3.8) is 0 Å². The molecule has 0 fully saturated rings. The topological polar surface area (TPSA) is 98.5 Å². The predicted octanol–water partition coefficient (Wildman–Crippen LogP) is 3.07. The summed E-state index contributed by atoms with van der Waals surface area (Å²) in [4.78, 5) is 33.1. The van der Waals surface area contributed by atoms with Crippen LogP contribution in [0, 0.1) is 21.7 Å². The van der Waals surface area contributed by atoms with Gasteiger partial charge in [-0.2, -0.15) is 0 Å². The van der Waals surface area contributed by atoms with Crippen LogP contribution in [0.3, 0.4) is 0 Å². The van der Waals surface area contributed by atoms with Crippen LogP contribution in [-0.2, 0) is 14.3 Å². The molecular weight excluding hydrogens is 350 g/mol. The number of anilines is 1. The highest BCUT2D eigenvalue weighted by Gasteiger charge is 2.14. The molecule has 134 valence electrons. The molecule has 0 unspecified atom stereocenters. The highest BCUT2D eigenvalue weighted by atomic mass is 19.1. The second kappa shape index (κ2) is 8.47. The highest BCUT2D eigenvalue weighted by Crippen LogP contribution is 2.21. The molecule has 1 amide bonds. The number of carbonyl (C=O) groups excluding carboxylic acids is 2. The van der Waals surface area contributed by atoms with Gasteiger partial charge in [0.25, 0.3) is 11.6 Å². The molecular formula is C17H12F2N2O5. The quantitative estimate of drug-likeness (QED) is 0.369. The van der Waals surface area contributed by atoms with E-state index in [2.05, 4.69) is 10.1 Å². The summed E-state index contributed by atoms with van der Waals surface area (Å²) in [5.74, 6) is -3.10. The standard InChI is InChI=1S/C17H12F2N2O5/c18-12-3-1-2-11(8-12)4-7-17(23)26-10-16(22)20-15-9-13(21(24)25)5-6-14(15)19/h1-9H,10H2,(H,20,22)/b7-4+. The van der Waals surface area contributed by atoms with Gasteiger partial charge in [-0.25, -0.2) is 13.6 Å². The predicted molar refractivity (Wildman–Crippen MR) is 88.1 cm³/mol. The monoisotopic (exact) mass is 362 g/mol. The summed E-state index contributed by atoms with van der Waals surface area (Å²) in [6.07, 6.45) is 2.29. The maximum Gasteiger partial charge on any atom is 0.331 e. The third-order valence-electron chi connectivity index (χ3n) is 3.04. The Morgan fingerprint density at radius 1 is 1.19 bits per heavy atom. The van der Waals surface area contributed by atoms with E-state index in [1.165, 1.54) is 24.3 Å². The van der Waals surface area contributed by atoms with Gasteiger partial charge >= 0.3 is 5.97 Å². The number of ether oxygens (including phenoxy) is 1. The van der Waals surface area contributed by atoms with Crippen LogP contribution < -0.4 is 5.32 Å². The van der Waals surface area contributed by atoms with E-state index >= 15 is 0 Å². The highest BCUT2D eigenvalue weighted by molar-refractivity contribution is 5.94. The zero-order chi connectivity index (χ0) is 19.1. The van der Waals surface area contributed by atoms with Gasteiger partial charge < -0.3 is 10.1 Å². The molecule has 1 N–H and O–H groups in total. The third-order valence-corrected chi connectivity index (χ3v) is 3.04. The van der Waals surface area contributed by atoms with Crippen LogP contribution in [0.15, 0.2) is 48.5 Å². The first-order chi connectivity index (χ1) is 12.3. The van der Waals surface area contributed by atoms with Crippen LogP contribution in [0.1, 0.15) is 5.56 Å². The third kappa shape index (κ3) is 5.48. The number of esters is 1. The van der Waals surface area contributed by atoms with Crippen LogP contribution >= 0.6 is 0 Å². The van der Waals surface area contributed by atoms with Gasteiger partial charge in [-0.1, -0.05) is 12.1 Å². The number of benzene rings is 2. The first kappa shape index (κ1) is 18.7. The Morgan fingerprint density at radius 2 is 1.96 bits per heavy atom. The number of amides is 1. The minimum absolute atomic E-state index is 0.406. The fourth-order valence-corrected chi connectivity index (χ4v) is 1.87. The Labute approximate surface area is 146 Å². The molecule has 0 aliphatic carbocycles. The Morgan fingerprint density at radius 3 is 2.65 bits per heavy atom. The Kier molecular flexibility index (Phi) is 6.10. The number of hydrogen-bond acceptors (Lipinski definition) is 5. The molecule has 0 bridgehead atoms. The van der Waals surface area contributed by atoms with E-state index in [4.69, 9.17) is 0 Å². The largest absolute Gasteiger partial charge is 0.452 e. The number of halogens is 2. The summed E-state index contributed by atoms with van der Waals surface area (Å²) in [5, 5.41) is 12.7. The van der Waals surface area contributed by atoms with Crippen molar-refractivity contribution in [3.05, 3.63) is 75.9 Å². The van der Waals surface area contributed by atoms with Crippen LogP contribution in [0.4, 0.5) is 20.2 Å². The molecule has 2 rings (SSSR count). The number of rotatable bonds is 6. The number of nitro benzene ring substituents is 1. The average molecular weight is 362 g/mol. The number of nitro groups is 1. The number of nitrogens with one attached hydrogen (secondary N) is 1. The molecule has 0 spiro atoms. The van der Waals surface area contributed by atoms with Crippen LogP contribution in [0.5, 0.6) is 0 Å². The van der Waals surface area contributed by atoms with E-state index in [1.54, 1.807) is 6.07 Å². The van der Waals surface area contributed by atoms with Gasteiger partial charge in [-0.3, -0.25) is 14.9 Å². The first-order valence-corrected chi connectivity index (χ1v) is 7.19. The van der Waals surface area contributed by atoms with Crippen LogP contribution in [0.2, 0.25) is 0 Å². The van der Waals surface area contributed by atoms with Crippen molar-refractivity contribution in [1.82, 2.24) is 0 Å². The summed E-state index contributed by atoms with van der Waals surface area (Å²) in [7, 11) is 0. The minimum atomic E-state index is -0.878. The summed E-state index contributed by atoms with van der Waals surface area (Å²) >= 11 is 0. The molecule has 0 saturated heterocycles. The van der Waals surface area contributed by atoms with Gasteiger partial charge in [0, 0.05) is 18.2 Å². The van der Waals surface area contributed by atoms with Crippen molar-refractivity contribution in [3.8, 4) is 0 Å². The van der Waals surface area contributed by atoms with E-state index in [0.29, 0.717) is 5.56 Å². The maximum atomic E-state index is 13.5. The smallest absolute Gasteiger partial charge is 0.331 e. The molecule has 26 heavy (non-hydrogen) atoms. The Balaban J connectivity index is 1.89. The lowest BCUT2D eigenvalue weighted by Gasteiger charge is -2.06. The second-order valence-corrected chi connectivity index (χ2v) is 4.97. The lowest BCUT2D eigenvalue weighted by molar-refractivity contribution is -0.384. The van der Waals surface area contributed by atoms with Crippen molar-refractivity contribution < 1.29 is 28.0 Å². The maximum absolute atomic E-state index is 13.5. The summed E-state index contributed by atoms with van der Waals surface area (Å²) in [5.41, 5.74) is -0.391. The molecule has 0 aliphatic rings. The first-order valence-electron chi connectivity index (χ1n) is 7.19. The van der Waals surface area contributed by atoms with E-state index in [1.807, 2.05) is 0 Å². The van der Waals surface area contributed by atoms with Crippen LogP contribution in [-0.4, -0.2) is 23.4 Å². The summed E-state index contributed by atoms with van der Waals surface area (Å²) < 4.78 is 31.2. The normalized spacial score (nSPS) is 10.5. The summed E-state index contributed by atoms with van der Waals surface area (Å²) in [6, 6.07) is 8.09. The zero-order valence-corrected chi connectivity index (χ0v) is 13.1. The Hall–Kier alpha value is -3.62. The fraction of sp³-hybridized carbons (Fsp3) is 0.0588. The van der Waals surface area contributed by atoms with Crippen LogP contribution in [0.25, 0.3) is 6.08 Å².